The molecule has 1 aromatic carbocycles. The van der Waals surface area contributed by atoms with Crippen LogP contribution in [0.25, 0.3) is 21.1 Å². The first-order valence-electron chi connectivity index (χ1n) is 14.1. The number of hydrogen-bond donors (Lipinski definition) is 1. The summed E-state index contributed by atoms with van der Waals surface area (Å²) in [6.07, 6.45) is 8.01. The summed E-state index contributed by atoms with van der Waals surface area (Å²) in [5.41, 5.74) is 3.29. The minimum absolute atomic E-state index is 0.000245. The van der Waals surface area contributed by atoms with Crippen molar-refractivity contribution >= 4 is 32.5 Å². The fourth-order valence-electron chi connectivity index (χ4n) is 6.39. The summed E-state index contributed by atoms with van der Waals surface area (Å²) >= 11 is 1.83. The van der Waals surface area contributed by atoms with Crippen molar-refractivity contribution in [1.82, 2.24) is 34.9 Å². The lowest BCUT2D eigenvalue weighted by Gasteiger charge is -2.47. The van der Waals surface area contributed by atoms with Crippen molar-refractivity contribution in [3.63, 3.8) is 0 Å². The molecule has 2 aliphatic heterocycles. The molecule has 9 nitrogen and oxygen atoms in total. The van der Waals surface area contributed by atoms with Gasteiger partial charge >= 0.3 is 0 Å². The Morgan fingerprint density at radius 2 is 2.05 bits per heavy atom. The molecule has 10 heteroatoms. The van der Waals surface area contributed by atoms with Crippen LogP contribution in [-0.4, -0.2) is 100.0 Å². The molecule has 2 atom stereocenters. The summed E-state index contributed by atoms with van der Waals surface area (Å²) in [7, 11) is 1.80. The molecule has 0 bridgehead atoms. The number of hydrogen-bond acceptors (Lipinski definition) is 9. The quantitative estimate of drug-likeness (QED) is 0.328. The van der Waals surface area contributed by atoms with Gasteiger partial charge < -0.3 is 9.47 Å². The number of H-pyrrole nitrogens is 1. The van der Waals surface area contributed by atoms with E-state index in [1.807, 2.05) is 23.7 Å². The summed E-state index contributed by atoms with van der Waals surface area (Å²) in [5, 5.41) is 8.53. The number of benzene rings is 1. The van der Waals surface area contributed by atoms with E-state index in [1.165, 1.54) is 10.4 Å². The number of methoxy groups -OCH3 is 1. The SMILES string of the molecule is COCCN(C(C)C)C1CCN(C(c2cc3ncncc3s2)N2CCOC(c3cccc4[nH]ncc34)C2)CC1. The van der Waals surface area contributed by atoms with Crippen LogP contribution in [0.4, 0.5) is 0 Å². The molecule has 0 radical (unpaired) electrons. The van der Waals surface area contributed by atoms with Crippen LogP contribution in [0.5, 0.6) is 0 Å². The van der Waals surface area contributed by atoms with E-state index < -0.39 is 0 Å². The van der Waals surface area contributed by atoms with Crippen molar-refractivity contribution < 1.29 is 9.47 Å². The van der Waals surface area contributed by atoms with Gasteiger partial charge in [-0.25, -0.2) is 9.97 Å². The van der Waals surface area contributed by atoms with Gasteiger partial charge in [0.25, 0.3) is 0 Å². The maximum atomic E-state index is 6.38. The van der Waals surface area contributed by atoms with Gasteiger partial charge in [0.2, 0.25) is 0 Å². The second-order valence-corrected chi connectivity index (χ2v) is 12.0. The summed E-state index contributed by atoms with van der Waals surface area (Å²) in [5.74, 6) is 0. The van der Waals surface area contributed by atoms with Crippen LogP contribution in [0.15, 0.2) is 43.0 Å². The largest absolute Gasteiger partial charge is 0.383 e. The highest BCUT2D eigenvalue weighted by atomic mass is 32.1. The van der Waals surface area contributed by atoms with Crippen molar-refractivity contribution in [1.29, 1.82) is 0 Å². The maximum absolute atomic E-state index is 6.38. The lowest BCUT2D eigenvalue weighted by molar-refractivity contribution is -0.0842. The lowest BCUT2D eigenvalue weighted by atomic mass is 9.99. The Morgan fingerprint density at radius 1 is 1.18 bits per heavy atom. The van der Waals surface area contributed by atoms with Crippen molar-refractivity contribution in [3.05, 3.63) is 53.4 Å². The van der Waals surface area contributed by atoms with Gasteiger partial charge in [0.05, 0.1) is 47.4 Å². The van der Waals surface area contributed by atoms with E-state index in [1.54, 1.807) is 13.4 Å². The number of thiophene rings is 1. The topological polar surface area (TPSA) is 82.6 Å². The zero-order chi connectivity index (χ0) is 26.8. The molecule has 39 heavy (non-hydrogen) atoms. The van der Waals surface area contributed by atoms with Gasteiger partial charge in [-0.1, -0.05) is 12.1 Å². The summed E-state index contributed by atoms with van der Waals surface area (Å²) in [4.78, 5) is 18.1. The van der Waals surface area contributed by atoms with E-state index in [4.69, 9.17) is 9.47 Å². The van der Waals surface area contributed by atoms with Crippen molar-refractivity contribution in [2.24, 2.45) is 0 Å². The molecular formula is C29H39N7O2S. The van der Waals surface area contributed by atoms with Gasteiger partial charge in [0.1, 0.15) is 6.33 Å². The molecule has 6 rings (SSSR count). The second-order valence-electron chi connectivity index (χ2n) is 10.9. The number of piperidine rings is 1. The number of ether oxygens (including phenoxy) is 2. The molecule has 0 saturated carbocycles. The predicted molar refractivity (Wildman–Crippen MR) is 155 cm³/mol. The van der Waals surface area contributed by atoms with E-state index in [0.717, 1.165) is 73.3 Å². The molecule has 2 unspecified atom stereocenters. The van der Waals surface area contributed by atoms with Gasteiger partial charge in [-0.2, -0.15) is 5.10 Å². The normalized spacial score (nSPS) is 21.0. The Kier molecular flexibility index (Phi) is 8.20. The van der Waals surface area contributed by atoms with Crippen LogP contribution >= 0.6 is 11.3 Å². The third kappa shape index (κ3) is 5.59. The maximum Gasteiger partial charge on any atom is 0.116 e. The molecule has 2 saturated heterocycles. The van der Waals surface area contributed by atoms with Crippen molar-refractivity contribution in [2.45, 2.75) is 51.0 Å². The van der Waals surface area contributed by atoms with Crippen molar-refractivity contribution in [3.8, 4) is 0 Å². The molecule has 3 aromatic heterocycles. The summed E-state index contributed by atoms with van der Waals surface area (Å²) in [6.45, 7) is 10.9. The minimum Gasteiger partial charge on any atom is -0.383 e. The minimum atomic E-state index is -0.000245. The molecule has 208 valence electrons. The Labute approximate surface area is 234 Å². The number of morpholine rings is 1. The molecule has 2 aliphatic rings. The van der Waals surface area contributed by atoms with Crippen LogP contribution in [-0.2, 0) is 9.47 Å². The van der Waals surface area contributed by atoms with E-state index in [2.05, 4.69) is 73.0 Å². The average Bonchev–Trinajstić information content (AvgIpc) is 3.61. The first-order valence-corrected chi connectivity index (χ1v) is 14.9. The highest BCUT2D eigenvalue weighted by Gasteiger charge is 2.36. The molecule has 0 amide bonds. The number of aromatic amines is 1. The monoisotopic (exact) mass is 549 g/mol. The number of likely N-dealkylation sites (tertiary alicyclic amines) is 1. The first kappa shape index (κ1) is 26.7. The lowest BCUT2D eigenvalue weighted by Crippen LogP contribution is -2.53. The molecule has 0 spiro atoms. The smallest absolute Gasteiger partial charge is 0.116 e. The van der Waals surface area contributed by atoms with Gasteiger partial charge in [-0.3, -0.25) is 19.8 Å². The zero-order valence-electron chi connectivity index (χ0n) is 23.1. The molecule has 0 aliphatic carbocycles. The fraction of sp³-hybridized carbons (Fsp3) is 0.552. The second kappa shape index (κ2) is 12.0. The number of nitrogens with one attached hydrogen (secondary N) is 1. The van der Waals surface area contributed by atoms with E-state index >= 15 is 0 Å². The Balaban J connectivity index is 1.26. The Hall–Kier alpha value is -2.47. The van der Waals surface area contributed by atoms with Gasteiger partial charge in [0, 0.05) is 68.4 Å². The molecular weight excluding hydrogens is 510 g/mol. The van der Waals surface area contributed by atoms with Crippen LogP contribution in [0, 0.1) is 0 Å². The van der Waals surface area contributed by atoms with Crippen LogP contribution < -0.4 is 0 Å². The molecule has 5 heterocycles. The third-order valence-corrected chi connectivity index (χ3v) is 9.41. The van der Waals surface area contributed by atoms with Crippen LogP contribution in [0.3, 0.4) is 0 Å². The number of rotatable bonds is 9. The average molecular weight is 550 g/mol. The van der Waals surface area contributed by atoms with E-state index in [0.29, 0.717) is 18.7 Å². The molecule has 1 N–H and O–H groups in total. The number of fused-ring (bicyclic) bond motifs is 2. The third-order valence-electron chi connectivity index (χ3n) is 8.31. The van der Waals surface area contributed by atoms with Crippen LogP contribution in [0.1, 0.15) is 49.4 Å². The highest BCUT2D eigenvalue weighted by molar-refractivity contribution is 7.19. The van der Waals surface area contributed by atoms with Gasteiger partial charge in [-0.15, -0.1) is 11.3 Å². The fourth-order valence-corrected chi connectivity index (χ4v) is 7.55. The number of aromatic nitrogens is 4. The molecule has 4 aromatic rings. The van der Waals surface area contributed by atoms with Gasteiger partial charge in [0.15, 0.2) is 0 Å². The first-order chi connectivity index (χ1) is 19.1. The Morgan fingerprint density at radius 3 is 2.85 bits per heavy atom. The zero-order valence-corrected chi connectivity index (χ0v) is 23.9. The number of nitrogens with zero attached hydrogens (tertiary/aromatic N) is 6. The summed E-state index contributed by atoms with van der Waals surface area (Å²) < 4.78 is 12.9. The highest BCUT2D eigenvalue weighted by Crippen LogP contribution is 2.39. The van der Waals surface area contributed by atoms with E-state index in [-0.39, 0.29) is 12.3 Å². The van der Waals surface area contributed by atoms with Crippen molar-refractivity contribution in [2.75, 3.05) is 53.0 Å². The summed E-state index contributed by atoms with van der Waals surface area (Å²) in [6, 6.07) is 9.72. The predicted octanol–water partition coefficient (Wildman–Crippen LogP) is 4.46. The standard InChI is InChI=1S/C29H39N7O2S/c1-20(2)36(12-13-37-3)21-7-9-34(10-8-21)29(27-15-25-28(39-27)17-30-19-31-25)35-11-14-38-26(18-35)22-5-4-6-24-23(22)16-32-33-24/h4-6,15-17,19-21,26,29H,7-14,18H2,1-3H3,(H,32,33). The van der Waals surface area contributed by atoms with Gasteiger partial charge in [-0.05, 0) is 44.4 Å². The Bertz CT molecular complexity index is 1330. The van der Waals surface area contributed by atoms with E-state index in [9.17, 15) is 0 Å². The van der Waals surface area contributed by atoms with Crippen LogP contribution in [0.2, 0.25) is 0 Å². The molecule has 2 fully saturated rings.